The summed E-state index contributed by atoms with van der Waals surface area (Å²) in [6, 6.07) is 1.72. The van der Waals surface area contributed by atoms with Gasteiger partial charge in [-0.3, -0.25) is 9.48 Å². The number of rotatable bonds is 2. The Labute approximate surface area is 82.2 Å². The standard InChI is InChI=1S/C10H12N2O2/c1-12-9(4-5-11-12)10(13)8-3-2-6-14-7-8/h4-5,7H,2-3,6H2,1H3. The van der Waals surface area contributed by atoms with E-state index in [1.165, 1.54) is 0 Å². The number of hydrogen-bond donors (Lipinski definition) is 0. The molecule has 14 heavy (non-hydrogen) atoms. The van der Waals surface area contributed by atoms with Crippen molar-refractivity contribution in [1.29, 1.82) is 0 Å². The number of ether oxygens (including phenoxy) is 1. The van der Waals surface area contributed by atoms with E-state index in [0.29, 0.717) is 12.3 Å². The summed E-state index contributed by atoms with van der Waals surface area (Å²) in [5, 5.41) is 3.96. The van der Waals surface area contributed by atoms with Gasteiger partial charge in [0.15, 0.2) is 0 Å². The molecule has 0 aromatic carbocycles. The molecule has 2 rings (SSSR count). The smallest absolute Gasteiger partial charge is 0.210 e. The second-order valence-electron chi connectivity index (χ2n) is 3.29. The van der Waals surface area contributed by atoms with E-state index in [2.05, 4.69) is 5.10 Å². The molecular weight excluding hydrogens is 180 g/mol. The van der Waals surface area contributed by atoms with E-state index in [9.17, 15) is 4.79 Å². The van der Waals surface area contributed by atoms with Crippen molar-refractivity contribution in [2.75, 3.05) is 6.61 Å². The molecule has 0 bridgehead atoms. The van der Waals surface area contributed by atoms with Gasteiger partial charge in [-0.2, -0.15) is 5.10 Å². The molecule has 0 aliphatic carbocycles. The van der Waals surface area contributed by atoms with Gasteiger partial charge in [0.25, 0.3) is 0 Å². The van der Waals surface area contributed by atoms with Gasteiger partial charge in [-0.1, -0.05) is 0 Å². The second kappa shape index (κ2) is 3.65. The number of ketones is 1. The second-order valence-corrected chi connectivity index (χ2v) is 3.29. The van der Waals surface area contributed by atoms with Gasteiger partial charge in [0.1, 0.15) is 5.69 Å². The molecule has 2 heterocycles. The van der Waals surface area contributed by atoms with Gasteiger partial charge in [0, 0.05) is 18.8 Å². The molecule has 0 atom stereocenters. The summed E-state index contributed by atoms with van der Waals surface area (Å²) in [6.45, 7) is 0.710. The minimum Gasteiger partial charge on any atom is -0.501 e. The van der Waals surface area contributed by atoms with Gasteiger partial charge in [-0.25, -0.2) is 0 Å². The van der Waals surface area contributed by atoms with Crippen LogP contribution in [-0.2, 0) is 11.8 Å². The largest absolute Gasteiger partial charge is 0.501 e. The molecule has 0 saturated carbocycles. The van der Waals surface area contributed by atoms with E-state index in [1.807, 2.05) is 0 Å². The predicted octanol–water partition coefficient (Wildman–Crippen LogP) is 1.30. The molecule has 0 amide bonds. The fourth-order valence-electron chi connectivity index (χ4n) is 1.49. The van der Waals surface area contributed by atoms with Crippen molar-refractivity contribution in [2.45, 2.75) is 12.8 Å². The molecular formula is C10H12N2O2. The lowest BCUT2D eigenvalue weighted by Gasteiger charge is -2.12. The van der Waals surface area contributed by atoms with Crippen LogP contribution in [0.4, 0.5) is 0 Å². The zero-order valence-corrected chi connectivity index (χ0v) is 8.06. The van der Waals surface area contributed by atoms with E-state index in [1.54, 1.807) is 30.3 Å². The average Bonchev–Trinajstić information content (AvgIpc) is 2.65. The summed E-state index contributed by atoms with van der Waals surface area (Å²) in [5.41, 5.74) is 1.35. The summed E-state index contributed by atoms with van der Waals surface area (Å²) in [5.74, 6) is 0.0182. The predicted molar refractivity (Wildman–Crippen MR) is 50.8 cm³/mol. The van der Waals surface area contributed by atoms with Gasteiger partial charge in [-0.05, 0) is 18.9 Å². The molecule has 0 spiro atoms. The number of Topliss-reactive ketones (excluding diaryl/α,β-unsaturated/α-hetero) is 1. The van der Waals surface area contributed by atoms with Crippen molar-refractivity contribution >= 4 is 5.78 Å². The van der Waals surface area contributed by atoms with Crippen LogP contribution >= 0.6 is 0 Å². The Morgan fingerprint density at radius 1 is 1.64 bits per heavy atom. The van der Waals surface area contributed by atoms with Crippen LogP contribution in [0.5, 0.6) is 0 Å². The quantitative estimate of drug-likeness (QED) is 0.663. The van der Waals surface area contributed by atoms with Gasteiger partial charge >= 0.3 is 0 Å². The van der Waals surface area contributed by atoms with Crippen LogP contribution in [0, 0.1) is 0 Å². The summed E-state index contributed by atoms with van der Waals surface area (Å²) in [4.78, 5) is 11.9. The highest BCUT2D eigenvalue weighted by atomic mass is 16.5. The number of aromatic nitrogens is 2. The molecule has 74 valence electrons. The first-order valence-electron chi connectivity index (χ1n) is 4.62. The Morgan fingerprint density at radius 2 is 2.50 bits per heavy atom. The van der Waals surface area contributed by atoms with E-state index in [0.717, 1.165) is 18.4 Å². The van der Waals surface area contributed by atoms with E-state index in [4.69, 9.17) is 4.74 Å². The van der Waals surface area contributed by atoms with Gasteiger partial charge in [0.05, 0.1) is 12.9 Å². The topological polar surface area (TPSA) is 44.1 Å². The van der Waals surface area contributed by atoms with E-state index < -0.39 is 0 Å². The third kappa shape index (κ3) is 1.55. The summed E-state index contributed by atoms with van der Waals surface area (Å²) >= 11 is 0. The molecule has 1 aromatic heterocycles. The Kier molecular flexibility index (Phi) is 2.35. The van der Waals surface area contributed by atoms with Crippen molar-refractivity contribution in [3.05, 3.63) is 29.8 Å². The number of nitrogens with zero attached hydrogens (tertiary/aromatic N) is 2. The van der Waals surface area contributed by atoms with E-state index in [-0.39, 0.29) is 5.78 Å². The van der Waals surface area contributed by atoms with Crippen molar-refractivity contribution in [3.8, 4) is 0 Å². The molecule has 4 heteroatoms. The van der Waals surface area contributed by atoms with Crippen molar-refractivity contribution in [1.82, 2.24) is 9.78 Å². The van der Waals surface area contributed by atoms with Crippen LogP contribution in [0.2, 0.25) is 0 Å². The summed E-state index contributed by atoms with van der Waals surface area (Å²) < 4.78 is 6.71. The SMILES string of the molecule is Cn1nccc1C(=O)C1=COCCC1. The molecule has 4 nitrogen and oxygen atoms in total. The van der Waals surface area contributed by atoms with Gasteiger partial charge in [0.2, 0.25) is 5.78 Å². The lowest BCUT2D eigenvalue weighted by Crippen LogP contribution is -2.13. The maximum absolute atomic E-state index is 11.9. The Balaban J connectivity index is 2.23. The van der Waals surface area contributed by atoms with Crippen LogP contribution in [0.3, 0.4) is 0 Å². The number of allylic oxidation sites excluding steroid dienone is 1. The summed E-state index contributed by atoms with van der Waals surface area (Å²) in [7, 11) is 1.76. The third-order valence-corrected chi connectivity index (χ3v) is 2.28. The molecule has 0 unspecified atom stereocenters. The Bertz CT molecular complexity index is 379. The molecule has 1 aliphatic heterocycles. The zero-order valence-electron chi connectivity index (χ0n) is 8.06. The van der Waals surface area contributed by atoms with Crippen LogP contribution in [0.1, 0.15) is 23.3 Å². The van der Waals surface area contributed by atoms with Crippen molar-refractivity contribution in [2.24, 2.45) is 7.05 Å². The highest BCUT2D eigenvalue weighted by molar-refractivity contribution is 6.07. The maximum atomic E-state index is 11.9. The first-order valence-corrected chi connectivity index (χ1v) is 4.62. The summed E-state index contributed by atoms with van der Waals surface area (Å²) in [6.07, 6.45) is 4.90. The van der Waals surface area contributed by atoms with Crippen LogP contribution in [-0.4, -0.2) is 22.2 Å². The first-order chi connectivity index (χ1) is 6.79. The molecule has 1 aromatic rings. The average molecular weight is 192 g/mol. The van der Waals surface area contributed by atoms with E-state index >= 15 is 0 Å². The highest BCUT2D eigenvalue weighted by Gasteiger charge is 2.17. The number of carbonyl (C=O) groups is 1. The Morgan fingerprint density at radius 3 is 3.07 bits per heavy atom. The van der Waals surface area contributed by atoms with Crippen molar-refractivity contribution < 1.29 is 9.53 Å². The minimum absolute atomic E-state index is 0.0182. The maximum Gasteiger partial charge on any atom is 0.210 e. The van der Waals surface area contributed by atoms with Gasteiger partial charge in [-0.15, -0.1) is 0 Å². The number of hydrogen-bond acceptors (Lipinski definition) is 3. The third-order valence-electron chi connectivity index (χ3n) is 2.28. The Hall–Kier alpha value is -1.58. The molecule has 0 fully saturated rings. The molecule has 0 N–H and O–H groups in total. The normalized spacial score (nSPS) is 15.9. The monoisotopic (exact) mass is 192 g/mol. The molecule has 1 aliphatic rings. The van der Waals surface area contributed by atoms with Gasteiger partial charge < -0.3 is 4.74 Å². The zero-order chi connectivity index (χ0) is 9.97. The fourth-order valence-corrected chi connectivity index (χ4v) is 1.49. The van der Waals surface area contributed by atoms with Crippen molar-refractivity contribution in [3.63, 3.8) is 0 Å². The molecule has 0 saturated heterocycles. The molecule has 0 radical (unpaired) electrons. The van der Waals surface area contributed by atoms with Crippen LogP contribution < -0.4 is 0 Å². The van der Waals surface area contributed by atoms with Crippen LogP contribution in [0.15, 0.2) is 24.1 Å². The number of carbonyl (C=O) groups excluding carboxylic acids is 1. The first kappa shape index (κ1) is 8.99. The van der Waals surface area contributed by atoms with Crippen LogP contribution in [0.25, 0.3) is 0 Å². The number of aryl methyl sites for hydroxylation is 1. The lowest BCUT2D eigenvalue weighted by molar-refractivity contribution is 0.100. The highest BCUT2D eigenvalue weighted by Crippen LogP contribution is 2.16. The fraction of sp³-hybridized carbons (Fsp3) is 0.400. The lowest BCUT2D eigenvalue weighted by atomic mass is 10.0. The minimum atomic E-state index is 0.0182.